The largest absolute Gasteiger partial charge is 0.497 e. The third-order valence-electron chi connectivity index (χ3n) is 5.85. The first-order chi connectivity index (χ1) is 14.5. The van der Waals surface area contributed by atoms with Crippen molar-refractivity contribution < 1.29 is 9.47 Å². The van der Waals surface area contributed by atoms with Crippen LogP contribution in [0.1, 0.15) is 6.42 Å². The summed E-state index contributed by atoms with van der Waals surface area (Å²) in [5, 5.41) is 0.566. The molecular formula is C22H28N4O4. The average Bonchev–Trinajstić information content (AvgIpc) is 3.16. The van der Waals surface area contributed by atoms with Crippen LogP contribution in [0.4, 0.5) is 0 Å². The summed E-state index contributed by atoms with van der Waals surface area (Å²) < 4.78 is 15.5. The molecule has 0 saturated carbocycles. The zero-order chi connectivity index (χ0) is 21.3. The van der Waals surface area contributed by atoms with Crippen molar-refractivity contribution in [1.82, 2.24) is 18.6 Å². The molecule has 0 bridgehead atoms. The minimum atomic E-state index is -0.320. The minimum Gasteiger partial charge on any atom is -0.497 e. The summed E-state index contributed by atoms with van der Waals surface area (Å²) in [7, 11) is 4.86. The second kappa shape index (κ2) is 8.49. The van der Waals surface area contributed by atoms with Crippen LogP contribution in [-0.2, 0) is 25.4 Å². The molecule has 0 amide bonds. The lowest BCUT2D eigenvalue weighted by Crippen LogP contribution is -2.37. The van der Waals surface area contributed by atoms with Crippen molar-refractivity contribution in [2.75, 3.05) is 40.0 Å². The summed E-state index contributed by atoms with van der Waals surface area (Å²) in [6, 6.07) is 7.69. The summed E-state index contributed by atoms with van der Waals surface area (Å²) >= 11 is 0. The summed E-state index contributed by atoms with van der Waals surface area (Å²) in [5.41, 5.74) is 1.82. The highest BCUT2D eigenvalue weighted by Gasteiger charge is 2.19. The summed E-state index contributed by atoms with van der Waals surface area (Å²) in [6.07, 6.45) is 2.87. The van der Waals surface area contributed by atoms with Crippen LogP contribution in [0.15, 0.2) is 40.1 Å². The Morgan fingerprint density at radius 1 is 1.00 bits per heavy atom. The van der Waals surface area contributed by atoms with Crippen molar-refractivity contribution in [1.29, 1.82) is 0 Å². The van der Waals surface area contributed by atoms with Crippen molar-refractivity contribution in [2.24, 2.45) is 14.1 Å². The van der Waals surface area contributed by atoms with Gasteiger partial charge in [0.2, 0.25) is 0 Å². The first kappa shape index (κ1) is 20.4. The Kier molecular flexibility index (Phi) is 5.78. The zero-order valence-electron chi connectivity index (χ0n) is 17.8. The quantitative estimate of drug-likeness (QED) is 0.613. The SMILES string of the molecule is COc1ccc(-c2c3c(=O)n(C)c(=O)n(C)c3cn2CCCN2CCOCC2)cc1. The third kappa shape index (κ3) is 3.68. The van der Waals surface area contributed by atoms with Gasteiger partial charge in [0.1, 0.15) is 5.75 Å². The summed E-state index contributed by atoms with van der Waals surface area (Å²) in [5.74, 6) is 0.758. The van der Waals surface area contributed by atoms with E-state index in [1.807, 2.05) is 30.5 Å². The number of nitrogens with zero attached hydrogens (tertiary/aromatic N) is 4. The molecule has 1 aliphatic heterocycles. The van der Waals surface area contributed by atoms with Crippen molar-refractivity contribution in [3.63, 3.8) is 0 Å². The molecule has 1 fully saturated rings. The average molecular weight is 412 g/mol. The minimum absolute atomic E-state index is 0.272. The molecule has 0 unspecified atom stereocenters. The predicted octanol–water partition coefficient (Wildman–Crippen LogP) is 1.44. The first-order valence-electron chi connectivity index (χ1n) is 10.2. The van der Waals surface area contributed by atoms with E-state index in [-0.39, 0.29) is 11.2 Å². The highest BCUT2D eigenvalue weighted by Crippen LogP contribution is 2.29. The number of ether oxygens (including phenoxy) is 2. The molecule has 1 aromatic carbocycles. The standard InChI is InChI=1S/C22H28N4O4/c1-23-18-15-26(10-4-9-25-11-13-30-14-12-25)20(16-5-7-17(29-3)8-6-16)19(18)21(27)24(2)22(23)28/h5-8,15H,4,9-14H2,1-3H3. The molecular weight excluding hydrogens is 384 g/mol. The van der Waals surface area contributed by atoms with Crippen LogP contribution in [0.5, 0.6) is 5.75 Å². The maximum absolute atomic E-state index is 13.0. The van der Waals surface area contributed by atoms with Gasteiger partial charge in [0.05, 0.1) is 36.9 Å². The number of rotatable bonds is 6. The molecule has 30 heavy (non-hydrogen) atoms. The van der Waals surface area contributed by atoms with E-state index in [0.29, 0.717) is 10.9 Å². The summed E-state index contributed by atoms with van der Waals surface area (Å²) in [6.45, 7) is 5.19. The lowest BCUT2D eigenvalue weighted by molar-refractivity contribution is 0.0369. The van der Waals surface area contributed by atoms with E-state index in [9.17, 15) is 9.59 Å². The Hall–Kier alpha value is -2.84. The lowest BCUT2D eigenvalue weighted by atomic mass is 10.1. The molecule has 1 aliphatic rings. The lowest BCUT2D eigenvalue weighted by Gasteiger charge is -2.26. The number of hydrogen-bond donors (Lipinski definition) is 0. The molecule has 0 aliphatic carbocycles. The maximum Gasteiger partial charge on any atom is 0.330 e. The fourth-order valence-electron chi connectivity index (χ4n) is 4.11. The van der Waals surface area contributed by atoms with Gasteiger partial charge in [0.15, 0.2) is 0 Å². The van der Waals surface area contributed by atoms with Crippen LogP contribution >= 0.6 is 0 Å². The molecule has 0 spiro atoms. The molecule has 160 valence electrons. The molecule has 8 nitrogen and oxygen atoms in total. The number of methoxy groups -OCH3 is 1. The maximum atomic E-state index is 13.0. The molecule has 0 radical (unpaired) electrons. The molecule has 2 aromatic heterocycles. The Labute approximate surface area is 174 Å². The van der Waals surface area contributed by atoms with Crippen LogP contribution in [0.2, 0.25) is 0 Å². The Morgan fingerprint density at radius 3 is 2.37 bits per heavy atom. The van der Waals surface area contributed by atoms with Gasteiger partial charge in [-0.3, -0.25) is 18.8 Å². The van der Waals surface area contributed by atoms with Crippen LogP contribution in [0, 0.1) is 0 Å². The Balaban J connectivity index is 1.77. The number of benzene rings is 1. The van der Waals surface area contributed by atoms with E-state index in [2.05, 4.69) is 9.47 Å². The topological polar surface area (TPSA) is 70.6 Å². The van der Waals surface area contributed by atoms with Gasteiger partial charge in [0.25, 0.3) is 5.56 Å². The van der Waals surface area contributed by atoms with E-state index in [0.717, 1.165) is 62.8 Å². The Bertz CT molecular complexity index is 1150. The van der Waals surface area contributed by atoms with E-state index < -0.39 is 0 Å². The van der Waals surface area contributed by atoms with Crippen LogP contribution in [0.25, 0.3) is 22.2 Å². The number of hydrogen-bond acceptors (Lipinski definition) is 5. The van der Waals surface area contributed by atoms with E-state index in [1.54, 1.807) is 18.7 Å². The number of morpholine rings is 1. The summed E-state index contributed by atoms with van der Waals surface area (Å²) in [4.78, 5) is 27.9. The highest BCUT2D eigenvalue weighted by molar-refractivity contribution is 5.93. The van der Waals surface area contributed by atoms with E-state index in [1.165, 1.54) is 11.6 Å². The van der Waals surface area contributed by atoms with Gasteiger partial charge < -0.3 is 14.0 Å². The van der Waals surface area contributed by atoms with E-state index in [4.69, 9.17) is 9.47 Å². The van der Waals surface area contributed by atoms with Crippen LogP contribution in [0.3, 0.4) is 0 Å². The van der Waals surface area contributed by atoms with Crippen LogP contribution < -0.4 is 16.0 Å². The van der Waals surface area contributed by atoms with E-state index >= 15 is 0 Å². The third-order valence-corrected chi connectivity index (χ3v) is 5.85. The molecule has 8 heteroatoms. The molecule has 0 atom stereocenters. The number of fused-ring (bicyclic) bond motifs is 1. The molecule has 3 heterocycles. The van der Waals surface area contributed by atoms with Gasteiger partial charge in [-0.1, -0.05) is 0 Å². The van der Waals surface area contributed by atoms with Crippen molar-refractivity contribution in [3.05, 3.63) is 51.3 Å². The monoisotopic (exact) mass is 412 g/mol. The normalized spacial score (nSPS) is 15.0. The van der Waals surface area contributed by atoms with Crippen molar-refractivity contribution in [3.8, 4) is 17.0 Å². The fraction of sp³-hybridized carbons (Fsp3) is 0.455. The van der Waals surface area contributed by atoms with Crippen molar-refractivity contribution >= 4 is 10.9 Å². The van der Waals surface area contributed by atoms with Gasteiger partial charge in [-0.05, 0) is 36.2 Å². The van der Waals surface area contributed by atoms with Gasteiger partial charge in [0, 0.05) is 46.5 Å². The Morgan fingerprint density at radius 2 is 1.70 bits per heavy atom. The first-order valence-corrected chi connectivity index (χ1v) is 10.2. The van der Waals surface area contributed by atoms with Gasteiger partial charge in [-0.15, -0.1) is 0 Å². The zero-order valence-corrected chi connectivity index (χ0v) is 17.8. The second-order valence-electron chi connectivity index (χ2n) is 7.67. The molecule has 4 rings (SSSR count). The number of aromatic nitrogens is 3. The highest BCUT2D eigenvalue weighted by atomic mass is 16.5. The smallest absolute Gasteiger partial charge is 0.330 e. The molecule has 1 saturated heterocycles. The fourth-order valence-corrected chi connectivity index (χ4v) is 4.11. The van der Waals surface area contributed by atoms with Gasteiger partial charge >= 0.3 is 5.69 Å². The van der Waals surface area contributed by atoms with Crippen molar-refractivity contribution in [2.45, 2.75) is 13.0 Å². The van der Waals surface area contributed by atoms with Crippen LogP contribution in [-0.4, -0.2) is 58.6 Å². The predicted molar refractivity (Wildman–Crippen MR) is 116 cm³/mol. The molecule has 0 N–H and O–H groups in total. The second-order valence-corrected chi connectivity index (χ2v) is 7.67. The number of aryl methyl sites for hydroxylation is 2. The van der Waals surface area contributed by atoms with Gasteiger partial charge in [-0.25, -0.2) is 4.79 Å². The van der Waals surface area contributed by atoms with Gasteiger partial charge in [-0.2, -0.15) is 0 Å². The molecule has 3 aromatic rings.